The fourth-order valence-corrected chi connectivity index (χ4v) is 9.75. The van der Waals surface area contributed by atoms with Crippen LogP contribution in [0.2, 0.25) is 0 Å². The molecule has 0 radical (unpaired) electrons. The Bertz CT molecular complexity index is 3610. The van der Waals surface area contributed by atoms with E-state index in [4.69, 9.17) is 15.0 Å². The summed E-state index contributed by atoms with van der Waals surface area (Å²) in [6.07, 6.45) is 0. The molecule has 0 saturated heterocycles. The molecular formula is C69H47N3. The van der Waals surface area contributed by atoms with Crippen LogP contribution in [-0.4, -0.2) is 15.0 Å². The van der Waals surface area contributed by atoms with Gasteiger partial charge in [0.15, 0.2) is 5.82 Å². The van der Waals surface area contributed by atoms with E-state index >= 15 is 0 Å². The molecule has 2 heterocycles. The van der Waals surface area contributed by atoms with Gasteiger partial charge >= 0.3 is 0 Å². The highest BCUT2D eigenvalue weighted by Crippen LogP contribution is 2.49. The highest BCUT2D eigenvalue weighted by Gasteiger charge is 2.25. The first-order valence-electron chi connectivity index (χ1n) is 24.4. The van der Waals surface area contributed by atoms with Crippen molar-refractivity contribution in [2.45, 2.75) is 0 Å². The average molecular weight is 918 g/mol. The van der Waals surface area contributed by atoms with Crippen molar-refractivity contribution in [3.63, 3.8) is 0 Å². The summed E-state index contributed by atoms with van der Waals surface area (Å²) in [6.45, 7) is 0. The van der Waals surface area contributed by atoms with Crippen LogP contribution in [0.5, 0.6) is 0 Å². The maximum atomic E-state index is 5.62. The maximum Gasteiger partial charge on any atom is 0.160 e. The third-order valence-corrected chi connectivity index (χ3v) is 13.3. The Kier molecular flexibility index (Phi) is 12.0. The van der Waals surface area contributed by atoms with Crippen molar-refractivity contribution in [1.29, 1.82) is 0 Å². The topological polar surface area (TPSA) is 38.7 Å². The Labute approximate surface area is 421 Å². The lowest BCUT2D eigenvalue weighted by atomic mass is 9.83. The molecule has 10 aromatic carbocycles. The smallest absolute Gasteiger partial charge is 0.160 e. The van der Waals surface area contributed by atoms with E-state index in [2.05, 4.69) is 279 Å². The number of pyridine rings is 1. The molecule has 338 valence electrons. The van der Waals surface area contributed by atoms with Crippen molar-refractivity contribution >= 4 is 0 Å². The first-order chi connectivity index (χ1) is 35.7. The van der Waals surface area contributed by atoms with Crippen LogP contribution < -0.4 is 0 Å². The van der Waals surface area contributed by atoms with Crippen molar-refractivity contribution < 1.29 is 0 Å². The predicted octanol–water partition coefficient (Wildman–Crippen LogP) is 18.2. The van der Waals surface area contributed by atoms with Crippen LogP contribution >= 0.6 is 0 Å². The van der Waals surface area contributed by atoms with E-state index in [0.29, 0.717) is 5.82 Å². The summed E-state index contributed by atoms with van der Waals surface area (Å²) in [5.41, 5.74) is 22.2. The molecule has 3 heteroatoms. The van der Waals surface area contributed by atoms with E-state index in [0.717, 1.165) is 117 Å². The third-order valence-electron chi connectivity index (χ3n) is 13.3. The van der Waals surface area contributed by atoms with E-state index in [1.165, 1.54) is 0 Å². The summed E-state index contributed by atoms with van der Waals surface area (Å²) in [6, 6.07) is 101. The van der Waals surface area contributed by atoms with Gasteiger partial charge in [0.05, 0.1) is 22.8 Å². The second-order valence-electron chi connectivity index (χ2n) is 17.9. The summed E-state index contributed by atoms with van der Waals surface area (Å²) in [5.74, 6) is 0.674. The van der Waals surface area contributed by atoms with Gasteiger partial charge in [-0.1, -0.05) is 261 Å². The zero-order valence-electron chi connectivity index (χ0n) is 39.5. The molecule has 0 aliphatic carbocycles. The molecule has 0 aliphatic rings. The first-order valence-corrected chi connectivity index (χ1v) is 24.4. The van der Waals surface area contributed by atoms with Crippen LogP contribution in [0.3, 0.4) is 0 Å². The summed E-state index contributed by atoms with van der Waals surface area (Å²) >= 11 is 0. The molecule has 12 aromatic rings. The van der Waals surface area contributed by atoms with Crippen LogP contribution in [-0.2, 0) is 0 Å². The Morgan fingerprint density at radius 1 is 0.167 bits per heavy atom. The molecule has 0 unspecified atom stereocenters. The van der Waals surface area contributed by atoms with Gasteiger partial charge in [0, 0.05) is 44.5 Å². The fraction of sp³-hybridized carbons (Fsp3) is 0. The van der Waals surface area contributed by atoms with Gasteiger partial charge in [-0.3, -0.25) is 0 Å². The van der Waals surface area contributed by atoms with Crippen LogP contribution in [0.4, 0.5) is 0 Å². The molecule has 3 nitrogen and oxygen atoms in total. The normalized spacial score (nSPS) is 11.1. The molecule has 2 aromatic heterocycles. The molecule has 0 fully saturated rings. The minimum absolute atomic E-state index is 0.674. The van der Waals surface area contributed by atoms with E-state index in [1.807, 2.05) is 6.07 Å². The fourth-order valence-electron chi connectivity index (χ4n) is 9.75. The summed E-state index contributed by atoms with van der Waals surface area (Å²) in [4.78, 5) is 16.2. The highest BCUT2D eigenvalue weighted by atomic mass is 14.9. The standard InChI is InChI=1S/C69H47N3/c1-8-22-48(23-9-1)59-44-60(49-24-10-2-11-25-49)46-61(45-59)69-70-62(52-26-12-3-13-27-52)47-63(71-69)53-40-36-50(37-41-53)51-38-42-56(43-39-51)64-65(54-28-14-4-15-29-54)67(57-32-18-6-19-33-57)72-68(58-34-20-7-21-35-58)66(64)55-30-16-5-17-31-55/h1-47H. The number of aromatic nitrogens is 3. The van der Waals surface area contributed by atoms with Crippen molar-refractivity contribution in [3.8, 4) is 123 Å². The van der Waals surface area contributed by atoms with E-state index < -0.39 is 0 Å². The number of rotatable bonds is 11. The molecule has 0 N–H and O–H groups in total. The van der Waals surface area contributed by atoms with Crippen molar-refractivity contribution in [3.05, 3.63) is 285 Å². The van der Waals surface area contributed by atoms with Crippen LogP contribution in [0, 0.1) is 0 Å². The first kappa shape index (κ1) is 43.7. The largest absolute Gasteiger partial charge is 0.246 e. The number of nitrogens with zero attached hydrogens (tertiary/aromatic N) is 3. The third kappa shape index (κ3) is 8.95. The van der Waals surface area contributed by atoms with Gasteiger partial charge < -0.3 is 0 Å². The Balaban J connectivity index is 0.971. The van der Waals surface area contributed by atoms with Gasteiger partial charge in [-0.25, -0.2) is 15.0 Å². The van der Waals surface area contributed by atoms with Gasteiger partial charge in [0.2, 0.25) is 0 Å². The number of hydrogen-bond donors (Lipinski definition) is 0. The second kappa shape index (κ2) is 19.8. The zero-order chi connectivity index (χ0) is 48.1. The van der Waals surface area contributed by atoms with E-state index in [9.17, 15) is 0 Å². The summed E-state index contributed by atoms with van der Waals surface area (Å²) < 4.78 is 0. The van der Waals surface area contributed by atoms with E-state index in [-0.39, 0.29) is 0 Å². The molecule has 72 heavy (non-hydrogen) atoms. The van der Waals surface area contributed by atoms with E-state index in [1.54, 1.807) is 0 Å². The minimum Gasteiger partial charge on any atom is -0.246 e. The van der Waals surface area contributed by atoms with Gasteiger partial charge in [0.25, 0.3) is 0 Å². The quantitative estimate of drug-likeness (QED) is 0.130. The minimum atomic E-state index is 0.674. The van der Waals surface area contributed by atoms with Crippen molar-refractivity contribution in [2.24, 2.45) is 0 Å². The molecule has 0 spiro atoms. The number of benzene rings is 10. The van der Waals surface area contributed by atoms with Gasteiger partial charge in [0.1, 0.15) is 0 Å². The van der Waals surface area contributed by atoms with Crippen molar-refractivity contribution in [2.75, 3.05) is 0 Å². The van der Waals surface area contributed by atoms with Gasteiger partial charge in [-0.15, -0.1) is 0 Å². The molecule has 0 saturated carbocycles. The van der Waals surface area contributed by atoms with Crippen LogP contribution in [0.15, 0.2) is 285 Å². The van der Waals surface area contributed by atoms with Gasteiger partial charge in [-0.2, -0.15) is 0 Å². The lowest BCUT2D eigenvalue weighted by Gasteiger charge is -2.23. The van der Waals surface area contributed by atoms with Crippen molar-refractivity contribution in [1.82, 2.24) is 15.0 Å². The molecule has 12 rings (SSSR count). The van der Waals surface area contributed by atoms with Crippen LogP contribution in [0.1, 0.15) is 0 Å². The summed E-state index contributed by atoms with van der Waals surface area (Å²) in [5, 5.41) is 0. The second-order valence-corrected chi connectivity index (χ2v) is 17.9. The number of hydrogen-bond acceptors (Lipinski definition) is 3. The van der Waals surface area contributed by atoms with Crippen LogP contribution in [0.25, 0.3) is 123 Å². The molecule has 0 amide bonds. The Hall–Kier alpha value is -9.57. The lowest BCUT2D eigenvalue weighted by molar-refractivity contribution is 1.18. The molecule has 0 bridgehead atoms. The molecule has 0 aliphatic heterocycles. The molecular weight excluding hydrogens is 871 g/mol. The lowest BCUT2D eigenvalue weighted by Crippen LogP contribution is -2.01. The molecule has 0 atom stereocenters. The monoisotopic (exact) mass is 917 g/mol. The SMILES string of the molecule is c1ccc(-c2cc(-c3ccccc3)cc(-c3nc(-c4ccccc4)cc(-c4ccc(-c5ccc(-c6c(-c7ccccc7)c(-c7ccccc7)nc(-c7ccccc7)c6-c6ccccc6)cc5)cc4)n3)c2)cc1. The predicted molar refractivity (Wildman–Crippen MR) is 300 cm³/mol. The highest BCUT2D eigenvalue weighted by molar-refractivity contribution is 6.05. The maximum absolute atomic E-state index is 5.62. The summed E-state index contributed by atoms with van der Waals surface area (Å²) in [7, 11) is 0. The Morgan fingerprint density at radius 3 is 0.819 bits per heavy atom. The average Bonchev–Trinajstić information content (AvgIpc) is 3.48. The Morgan fingerprint density at radius 2 is 0.431 bits per heavy atom. The van der Waals surface area contributed by atoms with Gasteiger partial charge in [-0.05, 0) is 74.3 Å². The zero-order valence-corrected chi connectivity index (χ0v) is 39.5.